The fourth-order valence-corrected chi connectivity index (χ4v) is 2.46. The average molecular weight is 291 g/mol. The first-order valence-corrected chi connectivity index (χ1v) is 7.37. The monoisotopic (exact) mass is 291 g/mol. The number of hydrogen-bond donors (Lipinski definition) is 1. The number of aromatic hydroxyl groups is 1. The molecule has 0 spiro atoms. The van der Waals surface area contributed by atoms with E-state index in [1.165, 1.54) is 12.1 Å². The molecule has 21 heavy (non-hydrogen) atoms. The second-order valence-corrected chi connectivity index (χ2v) is 5.34. The van der Waals surface area contributed by atoms with Crippen LogP contribution in [0.15, 0.2) is 24.3 Å². The lowest BCUT2D eigenvalue weighted by Gasteiger charge is -2.24. The minimum absolute atomic E-state index is 0.00375. The van der Waals surface area contributed by atoms with E-state index in [1.807, 2.05) is 0 Å². The predicted octanol–water partition coefficient (Wildman–Crippen LogP) is 2.34. The van der Waals surface area contributed by atoms with Gasteiger partial charge in [0.25, 0.3) is 5.91 Å². The van der Waals surface area contributed by atoms with Gasteiger partial charge in [0.05, 0.1) is 5.56 Å². The Morgan fingerprint density at radius 1 is 1.19 bits per heavy atom. The van der Waals surface area contributed by atoms with Gasteiger partial charge in [-0.25, -0.2) is 4.79 Å². The molecule has 1 unspecified atom stereocenters. The van der Waals surface area contributed by atoms with E-state index in [1.54, 1.807) is 24.0 Å². The number of carbonyl (C=O) groups is 2. The molecule has 0 aromatic heterocycles. The van der Waals surface area contributed by atoms with E-state index in [0.29, 0.717) is 0 Å². The number of carbonyl (C=O) groups excluding carboxylic acids is 2. The summed E-state index contributed by atoms with van der Waals surface area (Å²) in [5.74, 6) is -0.747. The highest BCUT2D eigenvalue weighted by atomic mass is 16.5. The first-order valence-electron chi connectivity index (χ1n) is 7.37. The van der Waals surface area contributed by atoms with Crippen molar-refractivity contribution >= 4 is 11.9 Å². The fraction of sp³-hybridized carbons (Fsp3) is 0.500. The zero-order valence-electron chi connectivity index (χ0n) is 12.2. The van der Waals surface area contributed by atoms with Crippen molar-refractivity contribution in [2.24, 2.45) is 0 Å². The summed E-state index contributed by atoms with van der Waals surface area (Å²) in [6.07, 6.45) is 3.47. The lowest BCUT2D eigenvalue weighted by atomic mass is 10.2. The number of esters is 1. The van der Waals surface area contributed by atoms with E-state index >= 15 is 0 Å². The van der Waals surface area contributed by atoms with Crippen LogP contribution in [0.25, 0.3) is 0 Å². The number of likely N-dealkylation sites (tertiary alicyclic amines) is 1. The van der Waals surface area contributed by atoms with Crippen molar-refractivity contribution < 1.29 is 19.4 Å². The van der Waals surface area contributed by atoms with Gasteiger partial charge in [0.15, 0.2) is 6.10 Å². The van der Waals surface area contributed by atoms with Gasteiger partial charge < -0.3 is 14.7 Å². The molecule has 0 radical (unpaired) electrons. The van der Waals surface area contributed by atoms with Crippen LogP contribution in [-0.4, -0.2) is 41.1 Å². The van der Waals surface area contributed by atoms with Gasteiger partial charge in [0, 0.05) is 13.1 Å². The molecule has 5 nitrogen and oxygen atoms in total. The van der Waals surface area contributed by atoms with Crippen LogP contribution in [0.3, 0.4) is 0 Å². The van der Waals surface area contributed by atoms with Gasteiger partial charge in [-0.2, -0.15) is 0 Å². The minimum Gasteiger partial charge on any atom is -0.508 e. The first kappa shape index (κ1) is 15.4. The third kappa shape index (κ3) is 4.21. The smallest absolute Gasteiger partial charge is 0.339 e. The summed E-state index contributed by atoms with van der Waals surface area (Å²) in [7, 11) is 0. The fourth-order valence-electron chi connectivity index (χ4n) is 2.46. The number of rotatable bonds is 3. The van der Waals surface area contributed by atoms with E-state index in [-0.39, 0.29) is 17.2 Å². The molecule has 1 fully saturated rings. The topological polar surface area (TPSA) is 66.8 Å². The minimum atomic E-state index is -0.807. The van der Waals surface area contributed by atoms with E-state index in [0.717, 1.165) is 38.8 Å². The van der Waals surface area contributed by atoms with Crippen molar-refractivity contribution in [2.75, 3.05) is 13.1 Å². The highest BCUT2D eigenvalue weighted by molar-refractivity contribution is 5.92. The Morgan fingerprint density at radius 3 is 2.48 bits per heavy atom. The van der Waals surface area contributed by atoms with Gasteiger partial charge in [-0.1, -0.05) is 18.9 Å². The Labute approximate surface area is 124 Å². The molecule has 0 saturated carbocycles. The maximum Gasteiger partial charge on any atom is 0.339 e. The number of benzene rings is 1. The summed E-state index contributed by atoms with van der Waals surface area (Å²) in [5, 5.41) is 9.36. The van der Waals surface area contributed by atoms with Gasteiger partial charge in [0.1, 0.15) is 5.75 Å². The van der Waals surface area contributed by atoms with Crippen LogP contribution in [0, 0.1) is 0 Å². The number of nitrogens with zero attached hydrogens (tertiary/aromatic N) is 1. The summed E-state index contributed by atoms with van der Waals surface area (Å²) in [6.45, 7) is 3.05. The van der Waals surface area contributed by atoms with Gasteiger partial charge in [-0.05, 0) is 38.0 Å². The Kier molecular flexibility index (Phi) is 5.20. The molecule has 2 rings (SSSR count). The van der Waals surface area contributed by atoms with Crippen LogP contribution >= 0.6 is 0 Å². The highest BCUT2D eigenvalue weighted by Crippen LogP contribution is 2.15. The van der Waals surface area contributed by atoms with Crippen LogP contribution < -0.4 is 0 Å². The van der Waals surface area contributed by atoms with Crippen molar-refractivity contribution in [3.05, 3.63) is 29.8 Å². The summed E-state index contributed by atoms with van der Waals surface area (Å²) < 4.78 is 5.21. The summed E-state index contributed by atoms with van der Waals surface area (Å²) in [5.41, 5.74) is 0.241. The molecule has 1 saturated heterocycles. The normalized spacial score (nSPS) is 16.9. The quantitative estimate of drug-likeness (QED) is 0.868. The third-order valence-electron chi connectivity index (χ3n) is 3.63. The number of ether oxygens (including phenoxy) is 1. The SMILES string of the molecule is CC(OC(=O)c1cccc(O)c1)C(=O)N1CCCCCC1. The van der Waals surface area contributed by atoms with E-state index < -0.39 is 12.1 Å². The van der Waals surface area contributed by atoms with E-state index in [2.05, 4.69) is 0 Å². The Bertz CT molecular complexity index is 507. The molecule has 1 aromatic rings. The predicted molar refractivity (Wildman–Crippen MR) is 78.0 cm³/mol. The van der Waals surface area contributed by atoms with E-state index in [9.17, 15) is 14.7 Å². The molecule has 1 atom stereocenters. The molecule has 0 aliphatic carbocycles. The first-order chi connectivity index (χ1) is 10.1. The molecule has 1 aromatic carbocycles. The molecule has 114 valence electrons. The summed E-state index contributed by atoms with van der Waals surface area (Å²) >= 11 is 0. The van der Waals surface area contributed by atoms with Crippen molar-refractivity contribution in [3.63, 3.8) is 0 Å². The zero-order valence-corrected chi connectivity index (χ0v) is 12.2. The van der Waals surface area contributed by atoms with Crippen molar-refractivity contribution in [1.82, 2.24) is 4.90 Å². The van der Waals surface area contributed by atoms with E-state index in [4.69, 9.17) is 4.74 Å². The molecular formula is C16H21NO4. The summed E-state index contributed by atoms with van der Waals surface area (Å²) in [4.78, 5) is 26.0. The standard InChI is InChI=1S/C16H21NO4/c1-12(15(19)17-9-4-2-3-5-10-17)21-16(20)13-7-6-8-14(18)11-13/h6-8,11-12,18H,2-5,9-10H2,1H3. The van der Waals surface area contributed by atoms with Crippen molar-refractivity contribution in [2.45, 2.75) is 38.7 Å². The van der Waals surface area contributed by atoms with Crippen LogP contribution in [-0.2, 0) is 9.53 Å². The Morgan fingerprint density at radius 2 is 1.86 bits per heavy atom. The molecule has 5 heteroatoms. The highest BCUT2D eigenvalue weighted by Gasteiger charge is 2.24. The number of phenolic OH excluding ortho intramolecular Hbond substituents is 1. The second kappa shape index (κ2) is 7.11. The molecule has 1 aliphatic rings. The van der Waals surface area contributed by atoms with Crippen LogP contribution in [0.5, 0.6) is 5.75 Å². The Balaban J connectivity index is 1.95. The number of hydrogen-bond acceptors (Lipinski definition) is 4. The number of phenols is 1. The van der Waals surface area contributed by atoms with Crippen LogP contribution in [0.4, 0.5) is 0 Å². The zero-order chi connectivity index (χ0) is 15.2. The van der Waals surface area contributed by atoms with Gasteiger partial charge >= 0.3 is 5.97 Å². The molecule has 1 amide bonds. The largest absolute Gasteiger partial charge is 0.508 e. The molecule has 1 heterocycles. The van der Waals surface area contributed by atoms with Crippen LogP contribution in [0.1, 0.15) is 43.0 Å². The third-order valence-corrected chi connectivity index (χ3v) is 3.63. The molecular weight excluding hydrogens is 270 g/mol. The Hall–Kier alpha value is -2.04. The second-order valence-electron chi connectivity index (χ2n) is 5.34. The summed E-state index contributed by atoms with van der Waals surface area (Å²) in [6, 6.07) is 5.91. The number of amides is 1. The molecule has 1 aliphatic heterocycles. The molecule has 0 bridgehead atoms. The van der Waals surface area contributed by atoms with Gasteiger partial charge in [0.2, 0.25) is 0 Å². The average Bonchev–Trinajstić information content (AvgIpc) is 2.75. The maximum absolute atomic E-state index is 12.3. The lowest BCUT2D eigenvalue weighted by Crippen LogP contribution is -2.40. The molecule has 1 N–H and O–H groups in total. The lowest BCUT2D eigenvalue weighted by molar-refractivity contribution is -0.139. The van der Waals surface area contributed by atoms with Crippen molar-refractivity contribution in [1.29, 1.82) is 0 Å². The van der Waals surface area contributed by atoms with Crippen LogP contribution in [0.2, 0.25) is 0 Å². The van der Waals surface area contributed by atoms with Gasteiger partial charge in [-0.15, -0.1) is 0 Å². The van der Waals surface area contributed by atoms with Crippen molar-refractivity contribution in [3.8, 4) is 5.75 Å². The van der Waals surface area contributed by atoms with Gasteiger partial charge in [-0.3, -0.25) is 4.79 Å². The maximum atomic E-state index is 12.3.